The number of halogens is 2. The van der Waals surface area contributed by atoms with Gasteiger partial charge in [0.25, 0.3) is 0 Å². The van der Waals surface area contributed by atoms with Crippen LogP contribution in [-0.4, -0.2) is 34.0 Å². The van der Waals surface area contributed by atoms with Crippen LogP contribution >= 0.6 is 34.9 Å². The van der Waals surface area contributed by atoms with Crippen molar-refractivity contribution in [3.63, 3.8) is 0 Å². The molecule has 2 saturated carbocycles. The van der Waals surface area contributed by atoms with Crippen molar-refractivity contribution in [2.24, 2.45) is 0 Å². The average molecular weight is 608 g/mol. The molecule has 28 heavy (non-hydrogen) atoms. The van der Waals surface area contributed by atoms with E-state index in [1.165, 1.54) is 25.7 Å². The molecule has 0 amide bonds. The molecule has 0 aromatic carbocycles. The maximum Gasteiger partial charge on any atom is 0 e. The van der Waals surface area contributed by atoms with Crippen molar-refractivity contribution in [1.29, 1.82) is 0 Å². The predicted molar refractivity (Wildman–Crippen MR) is 133 cm³/mol. The van der Waals surface area contributed by atoms with E-state index in [4.69, 9.17) is 19.1 Å². The van der Waals surface area contributed by atoms with Crippen LogP contribution in [0.1, 0.15) is 107 Å². The second-order valence-electron chi connectivity index (χ2n) is 9.63. The average Bonchev–Trinajstić information content (AvgIpc) is 3.21. The summed E-state index contributed by atoms with van der Waals surface area (Å²) in [6.07, 6.45) is 12.2. The summed E-state index contributed by atoms with van der Waals surface area (Å²) in [5.41, 5.74) is 6.23. The Morgan fingerprint density at radius 3 is 0.893 bits per heavy atom. The minimum Gasteiger partial charge on any atom is 0 e. The van der Waals surface area contributed by atoms with E-state index in [1.54, 1.807) is 25.7 Å². The zero-order valence-corrected chi connectivity index (χ0v) is 25.7. The van der Waals surface area contributed by atoms with Gasteiger partial charge in [-0.3, -0.25) is 0 Å². The molecule has 0 spiro atoms. The maximum absolute atomic E-state index is 4.81. The molecule has 2 rings (SSSR count). The van der Waals surface area contributed by atoms with Crippen molar-refractivity contribution < 1.29 is 33.0 Å². The van der Waals surface area contributed by atoms with E-state index in [1.807, 2.05) is 0 Å². The van der Waals surface area contributed by atoms with Crippen LogP contribution < -0.4 is 0 Å². The van der Waals surface area contributed by atoms with Gasteiger partial charge in [0.2, 0.25) is 0 Å². The van der Waals surface area contributed by atoms with E-state index >= 15 is 0 Å². The Balaban J connectivity index is 0. The van der Waals surface area contributed by atoms with Crippen LogP contribution in [-0.2, 0) is 33.0 Å². The van der Waals surface area contributed by atoms with E-state index in [-0.39, 0.29) is 48.9 Å². The van der Waals surface area contributed by atoms with Gasteiger partial charge in [0.05, 0.1) is 34.0 Å². The van der Waals surface area contributed by atoms with Gasteiger partial charge in [0, 0.05) is 32.9 Å². The molecular formula is C22H48Cl2FeP2Pd+2. The Morgan fingerprint density at radius 1 is 0.571 bits per heavy atom. The van der Waals surface area contributed by atoms with E-state index < -0.39 is 0 Å². The molecule has 176 valence electrons. The first-order valence-corrected chi connectivity index (χ1v) is 18.7. The first kappa shape index (κ1) is 32.8. The molecule has 0 aromatic rings. The van der Waals surface area contributed by atoms with E-state index in [2.05, 4.69) is 55.4 Å². The second-order valence-corrected chi connectivity index (χ2v) is 20.2. The minimum atomic E-state index is -0.106. The molecule has 0 bridgehead atoms. The predicted octanol–water partition coefficient (Wildman–Crippen LogP) is 9.29. The van der Waals surface area contributed by atoms with Gasteiger partial charge in [-0.2, -0.15) is 0 Å². The van der Waals surface area contributed by atoms with Crippen LogP contribution in [0.15, 0.2) is 0 Å². The van der Waals surface area contributed by atoms with Gasteiger partial charge in [-0.15, -0.1) is 0 Å². The van der Waals surface area contributed by atoms with Crippen molar-refractivity contribution in [2.45, 2.75) is 141 Å². The summed E-state index contributed by atoms with van der Waals surface area (Å²) >= 11 is -0.106. The SMILES string of the molecule is CC(C)[PH+](C(C)C)C1CCCC1.CC(C)[PH+](C(C)C)C1CCCC1.[Cl][Pd][Cl].[Fe]. The van der Waals surface area contributed by atoms with Crippen LogP contribution in [0.5, 0.6) is 0 Å². The van der Waals surface area contributed by atoms with Crippen molar-refractivity contribution in [1.82, 2.24) is 0 Å². The summed E-state index contributed by atoms with van der Waals surface area (Å²) in [6.45, 7) is 19.5. The fourth-order valence-electron chi connectivity index (χ4n) is 5.74. The van der Waals surface area contributed by atoms with Gasteiger partial charge in [0.15, 0.2) is 0 Å². The van der Waals surface area contributed by atoms with Gasteiger partial charge >= 0.3 is 35.0 Å². The second kappa shape index (κ2) is 19.1. The van der Waals surface area contributed by atoms with Gasteiger partial charge in [-0.05, 0) is 107 Å². The van der Waals surface area contributed by atoms with Crippen LogP contribution in [0.2, 0.25) is 0 Å². The third-order valence-corrected chi connectivity index (χ3v) is 14.7. The van der Waals surface area contributed by atoms with Crippen molar-refractivity contribution in [3.8, 4) is 0 Å². The summed E-state index contributed by atoms with van der Waals surface area (Å²) in [5, 5.41) is 0. The molecular weight excluding hydrogens is 559 g/mol. The Kier molecular flexibility index (Phi) is 22.4. The Hall–Kier alpha value is 2.62. The molecule has 6 heteroatoms. The summed E-state index contributed by atoms with van der Waals surface area (Å²) in [5.74, 6) is 0. The molecule has 0 heterocycles. The molecule has 2 fully saturated rings. The van der Waals surface area contributed by atoms with Gasteiger partial charge in [-0.25, -0.2) is 0 Å². The molecule has 0 unspecified atom stereocenters. The molecule has 0 radical (unpaired) electrons. The monoisotopic (exact) mass is 606 g/mol. The first-order chi connectivity index (χ1) is 12.7. The third kappa shape index (κ3) is 13.2. The summed E-state index contributed by atoms with van der Waals surface area (Å²) in [7, 11) is 9.52. The topological polar surface area (TPSA) is 0 Å². The van der Waals surface area contributed by atoms with Crippen molar-refractivity contribution >= 4 is 34.9 Å². The molecule has 0 nitrogen and oxygen atoms in total. The van der Waals surface area contributed by atoms with Crippen LogP contribution in [0.3, 0.4) is 0 Å². The Labute approximate surface area is 207 Å². The van der Waals surface area contributed by atoms with Gasteiger partial charge < -0.3 is 0 Å². The fourth-order valence-corrected chi connectivity index (χ4v) is 14.3. The van der Waals surface area contributed by atoms with E-state index in [0.717, 1.165) is 34.0 Å². The van der Waals surface area contributed by atoms with Crippen molar-refractivity contribution in [2.75, 3.05) is 0 Å². The zero-order valence-electron chi connectivity index (χ0n) is 19.5. The smallest absolute Gasteiger partial charge is 0 e. The fraction of sp³-hybridized carbons (Fsp3) is 1.00. The largest absolute Gasteiger partial charge is 0 e. The van der Waals surface area contributed by atoms with Crippen molar-refractivity contribution in [3.05, 3.63) is 0 Å². The molecule has 0 N–H and O–H groups in total. The minimum absolute atomic E-state index is 0. The summed E-state index contributed by atoms with van der Waals surface area (Å²) < 4.78 is 0. The summed E-state index contributed by atoms with van der Waals surface area (Å²) in [6, 6.07) is 0. The molecule has 0 atom stereocenters. The van der Waals surface area contributed by atoms with E-state index in [9.17, 15) is 0 Å². The van der Waals surface area contributed by atoms with Crippen LogP contribution in [0, 0.1) is 0 Å². The quantitative estimate of drug-likeness (QED) is 0.209. The third-order valence-electron chi connectivity index (χ3n) is 6.32. The maximum atomic E-state index is 4.81. The Morgan fingerprint density at radius 2 is 0.750 bits per heavy atom. The normalized spacial score (nSPS) is 18.1. The van der Waals surface area contributed by atoms with Gasteiger partial charge in [0.1, 0.15) is 0 Å². The van der Waals surface area contributed by atoms with E-state index in [0.29, 0.717) is 0 Å². The number of hydrogen-bond acceptors (Lipinski definition) is 0. The standard InChI is InChI=1S/2C11H23P.2ClH.Fe.Pd/c2*1-9(2)12(10(3)4)11-7-5-6-8-11;;;;/h2*9-11H,5-8H2,1-4H3;2*1H;;/q;;;;;+2. The Bertz CT molecular complexity index is 297. The molecule has 2 aliphatic carbocycles. The zero-order chi connectivity index (χ0) is 21.0. The molecule has 0 aromatic heterocycles. The number of rotatable bonds is 6. The number of hydrogen-bond donors (Lipinski definition) is 0. The molecule has 0 aliphatic heterocycles. The van der Waals surface area contributed by atoms with Crippen LogP contribution in [0.4, 0.5) is 0 Å². The first-order valence-electron chi connectivity index (χ1n) is 11.2. The molecule has 2 aliphatic rings. The van der Waals surface area contributed by atoms with Crippen LogP contribution in [0.25, 0.3) is 0 Å². The van der Waals surface area contributed by atoms with Gasteiger partial charge in [-0.1, -0.05) is 0 Å². The molecule has 0 saturated heterocycles. The summed E-state index contributed by atoms with van der Waals surface area (Å²) in [4.78, 5) is 0.